The molecule has 0 N–H and O–H groups in total. The number of rotatable bonds is 4. The molecule has 1 aliphatic carbocycles. The van der Waals surface area contributed by atoms with Crippen molar-refractivity contribution in [2.75, 3.05) is 26.2 Å². The average Bonchev–Trinajstić information content (AvgIpc) is 3.43. The highest BCUT2D eigenvalue weighted by atomic mass is 35.5. The van der Waals surface area contributed by atoms with Crippen molar-refractivity contribution in [3.05, 3.63) is 70.5 Å². The summed E-state index contributed by atoms with van der Waals surface area (Å²) < 4.78 is 13.3. The molecule has 4 rings (SSSR count). The van der Waals surface area contributed by atoms with Gasteiger partial charge in [0.15, 0.2) is 0 Å². The molecule has 1 saturated carbocycles. The SMILES string of the molecule is O=C(C1CC1c1ccc(Cl)cc1)N1CCN(Cc2cccc(F)c2)CC1. The van der Waals surface area contributed by atoms with Crippen LogP contribution < -0.4 is 0 Å². The molecular weight excluding hydrogens is 351 g/mol. The van der Waals surface area contributed by atoms with Gasteiger partial charge in [0, 0.05) is 43.7 Å². The second-order valence-corrected chi connectivity index (χ2v) is 7.67. The number of carbonyl (C=O) groups excluding carboxylic acids is 1. The van der Waals surface area contributed by atoms with Crippen molar-refractivity contribution in [2.45, 2.75) is 18.9 Å². The maximum absolute atomic E-state index is 13.3. The molecule has 1 aliphatic heterocycles. The third-order valence-corrected chi connectivity index (χ3v) is 5.64. The fourth-order valence-corrected chi connectivity index (χ4v) is 3.93. The largest absolute Gasteiger partial charge is 0.340 e. The van der Waals surface area contributed by atoms with Crippen LogP contribution in [0.5, 0.6) is 0 Å². The number of halogens is 2. The van der Waals surface area contributed by atoms with E-state index in [9.17, 15) is 9.18 Å². The summed E-state index contributed by atoms with van der Waals surface area (Å²) >= 11 is 5.94. The standard InChI is InChI=1S/C21H22ClFN2O/c22-17-6-4-16(5-7-17)19-13-20(19)21(26)25-10-8-24(9-11-25)14-15-2-1-3-18(23)12-15/h1-7,12,19-20H,8-11,13-14H2. The summed E-state index contributed by atoms with van der Waals surface area (Å²) in [6.45, 7) is 3.90. The van der Waals surface area contributed by atoms with Crippen LogP contribution in [-0.2, 0) is 11.3 Å². The average molecular weight is 373 g/mol. The van der Waals surface area contributed by atoms with Crippen molar-refractivity contribution in [1.29, 1.82) is 0 Å². The molecule has 2 fully saturated rings. The van der Waals surface area contributed by atoms with Gasteiger partial charge in [0.05, 0.1) is 0 Å². The molecule has 5 heteroatoms. The molecule has 2 aliphatic rings. The van der Waals surface area contributed by atoms with E-state index in [1.54, 1.807) is 12.1 Å². The highest BCUT2D eigenvalue weighted by Gasteiger charge is 2.46. The molecule has 1 amide bonds. The van der Waals surface area contributed by atoms with Crippen molar-refractivity contribution < 1.29 is 9.18 Å². The minimum absolute atomic E-state index is 0.117. The van der Waals surface area contributed by atoms with Gasteiger partial charge >= 0.3 is 0 Å². The zero-order chi connectivity index (χ0) is 18.1. The Morgan fingerprint density at radius 1 is 1.08 bits per heavy atom. The minimum Gasteiger partial charge on any atom is -0.340 e. The zero-order valence-corrected chi connectivity index (χ0v) is 15.3. The molecule has 26 heavy (non-hydrogen) atoms. The number of piperazine rings is 1. The lowest BCUT2D eigenvalue weighted by atomic mass is 10.1. The van der Waals surface area contributed by atoms with Gasteiger partial charge in [-0.3, -0.25) is 9.69 Å². The summed E-state index contributed by atoms with van der Waals surface area (Å²) in [5.74, 6) is 0.532. The second kappa shape index (κ2) is 7.37. The molecule has 0 bridgehead atoms. The number of nitrogens with zero attached hydrogens (tertiary/aromatic N) is 2. The number of benzene rings is 2. The summed E-state index contributed by atoms with van der Waals surface area (Å²) in [6, 6.07) is 14.6. The molecule has 2 unspecified atom stereocenters. The first kappa shape index (κ1) is 17.5. The van der Waals surface area contributed by atoms with Gasteiger partial charge < -0.3 is 4.90 Å². The van der Waals surface area contributed by atoms with Crippen LogP contribution >= 0.6 is 11.6 Å². The lowest BCUT2D eigenvalue weighted by Gasteiger charge is -2.35. The highest BCUT2D eigenvalue weighted by Crippen LogP contribution is 2.48. The van der Waals surface area contributed by atoms with Gasteiger partial charge in [-0.25, -0.2) is 4.39 Å². The van der Waals surface area contributed by atoms with Crippen molar-refractivity contribution in [2.24, 2.45) is 5.92 Å². The first-order chi connectivity index (χ1) is 12.6. The molecule has 136 valence electrons. The molecular formula is C21H22ClFN2O. The maximum atomic E-state index is 13.3. The van der Waals surface area contributed by atoms with E-state index in [4.69, 9.17) is 11.6 Å². The Bertz CT molecular complexity index is 787. The monoisotopic (exact) mass is 372 g/mol. The smallest absolute Gasteiger partial charge is 0.226 e. The quantitative estimate of drug-likeness (QED) is 0.812. The Morgan fingerprint density at radius 3 is 2.50 bits per heavy atom. The number of hydrogen-bond donors (Lipinski definition) is 0. The van der Waals surface area contributed by atoms with E-state index in [1.165, 1.54) is 11.6 Å². The fourth-order valence-electron chi connectivity index (χ4n) is 3.80. The highest BCUT2D eigenvalue weighted by molar-refractivity contribution is 6.30. The molecule has 1 heterocycles. The van der Waals surface area contributed by atoms with E-state index < -0.39 is 0 Å². The summed E-state index contributed by atoms with van der Waals surface area (Å²) in [4.78, 5) is 17.0. The normalized spacial score (nSPS) is 23.1. The van der Waals surface area contributed by atoms with Crippen LogP contribution in [0.25, 0.3) is 0 Å². The van der Waals surface area contributed by atoms with Gasteiger partial charge in [0.25, 0.3) is 0 Å². The van der Waals surface area contributed by atoms with Crippen molar-refractivity contribution in [3.63, 3.8) is 0 Å². The van der Waals surface area contributed by atoms with Crippen molar-refractivity contribution in [1.82, 2.24) is 9.80 Å². The molecule has 0 aromatic heterocycles. The van der Waals surface area contributed by atoms with Crippen LogP contribution in [0.2, 0.25) is 5.02 Å². The molecule has 0 spiro atoms. The summed E-state index contributed by atoms with van der Waals surface area (Å²) in [5.41, 5.74) is 2.19. The number of hydrogen-bond acceptors (Lipinski definition) is 2. The van der Waals surface area contributed by atoms with Gasteiger partial charge in [-0.1, -0.05) is 35.9 Å². The van der Waals surface area contributed by atoms with E-state index in [1.807, 2.05) is 35.2 Å². The van der Waals surface area contributed by atoms with Crippen LogP contribution in [0.3, 0.4) is 0 Å². The molecule has 2 aromatic rings. The predicted molar refractivity (Wildman–Crippen MR) is 101 cm³/mol. The molecule has 3 nitrogen and oxygen atoms in total. The Hall–Kier alpha value is -1.91. The first-order valence-corrected chi connectivity index (χ1v) is 9.49. The zero-order valence-electron chi connectivity index (χ0n) is 14.6. The number of carbonyl (C=O) groups is 1. The van der Waals surface area contributed by atoms with Crippen LogP contribution in [-0.4, -0.2) is 41.9 Å². The molecule has 2 aromatic carbocycles. The van der Waals surface area contributed by atoms with Gasteiger partial charge in [-0.15, -0.1) is 0 Å². The van der Waals surface area contributed by atoms with E-state index in [0.29, 0.717) is 5.92 Å². The summed E-state index contributed by atoms with van der Waals surface area (Å²) in [6.07, 6.45) is 0.934. The first-order valence-electron chi connectivity index (χ1n) is 9.11. The Morgan fingerprint density at radius 2 is 1.81 bits per heavy atom. The van der Waals surface area contributed by atoms with Gasteiger partial charge in [0.2, 0.25) is 5.91 Å². The minimum atomic E-state index is -0.196. The maximum Gasteiger partial charge on any atom is 0.226 e. The third-order valence-electron chi connectivity index (χ3n) is 5.38. The van der Waals surface area contributed by atoms with Gasteiger partial charge in [-0.2, -0.15) is 0 Å². The van der Waals surface area contributed by atoms with Gasteiger partial charge in [0.1, 0.15) is 5.82 Å². The second-order valence-electron chi connectivity index (χ2n) is 7.23. The van der Waals surface area contributed by atoms with Crippen LogP contribution in [0.4, 0.5) is 4.39 Å². The van der Waals surface area contributed by atoms with Crippen molar-refractivity contribution in [3.8, 4) is 0 Å². The predicted octanol–water partition coefficient (Wildman–Crippen LogP) is 3.93. The summed E-state index contributed by atoms with van der Waals surface area (Å²) in [7, 11) is 0. The molecule has 1 saturated heterocycles. The fraction of sp³-hybridized carbons (Fsp3) is 0.381. The number of amides is 1. The van der Waals surface area contributed by atoms with Crippen molar-refractivity contribution >= 4 is 17.5 Å². The Kier molecular flexibility index (Phi) is 4.96. The van der Waals surface area contributed by atoms with E-state index >= 15 is 0 Å². The topological polar surface area (TPSA) is 23.6 Å². The lowest BCUT2D eigenvalue weighted by Crippen LogP contribution is -2.48. The van der Waals surface area contributed by atoms with E-state index in [2.05, 4.69) is 4.90 Å². The van der Waals surface area contributed by atoms with Crippen LogP contribution in [0, 0.1) is 11.7 Å². The van der Waals surface area contributed by atoms with E-state index in [0.717, 1.165) is 49.7 Å². The Labute approximate surface area is 158 Å². The van der Waals surface area contributed by atoms with E-state index in [-0.39, 0.29) is 17.6 Å². The third kappa shape index (κ3) is 3.92. The molecule has 2 atom stereocenters. The molecule has 0 radical (unpaired) electrons. The Balaban J connectivity index is 1.28. The lowest BCUT2D eigenvalue weighted by molar-refractivity contribution is -0.134. The summed E-state index contributed by atoms with van der Waals surface area (Å²) in [5, 5.41) is 0.728. The van der Waals surface area contributed by atoms with Crippen LogP contribution in [0.1, 0.15) is 23.5 Å². The van der Waals surface area contributed by atoms with Gasteiger partial charge in [-0.05, 0) is 47.7 Å². The van der Waals surface area contributed by atoms with Crippen LogP contribution in [0.15, 0.2) is 48.5 Å².